The highest BCUT2D eigenvalue weighted by atomic mass is 31.1. The van der Waals surface area contributed by atoms with Crippen molar-refractivity contribution in [3.63, 3.8) is 0 Å². The molecule has 5 heteroatoms. The summed E-state index contributed by atoms with van der Waals surface area (Å²) in [6, 6.07) is 0. The van der Waals surface area contributed by atoms with Crippen molar-refractivity contribution < 1.29 is 19.5 Å². The van der Waals surface area contributed by atoms with Crippen LogP contribution >= 0.6 is 8.20 Å². The number of hydrogen-bond acceptors (Lipinski definition) is 3. The highest BCUT2D eigenvalue weighted by Crippen LogP contribution is 2.37. The van der Waals surface area contributed by atoms with E-state index in [1.807, 2.05) is 0 Å². The molecule has 4 nitrogen and oxygen atoms in total. The number of carbonyl (C=O) groups excluding carboxylic acids is 1. The monoisotopic (exact) mass is 638 g/mol. The first kappa shape index (κ1) is 43.5. The molecule has 0 bridgehead atoms. The maximum absolute atomic E-state index is 12.6. The van der Waals surface area contributed by atoms with E-state index in [2.05, 4.69) is 47.1 Å². The molecule has 0 saturated heterocycles. The molecular formula is C39H76NO3P. The molecule has 0 saturated carbocycles. The molecule has 1 aliphatic rings. The van der Waals surface area contributed by atoms with Crippen LogP contribution in [0.15, 0.2) is 12.2 Å². The minimum Gasteiger partial charge on any atom is -0.827 e. The first-order chi connectivity index (χ1) is 21.3. The number of hydrogen-bond donors (Lipinski definition) is 1. The zero-order chi connectivity index (χ0) is 32.7. The number of aliphatic hydroxyl groups excluding tert-OH is 1. The van der Waals surface area contributed by atoms with Gasteiger partial charge in [-0.3, -0.25) is 4.79 Å². The van der Waals surface area contributed by atoms with Crippen LogP contribution in [0.3, 0.4) is 0 Å². The van der Waals surface area contributed by atoms with Crippen molar-refractivity contribution in [1.29, 1.82) is 0 Å². The predicted octanol–water partition coefficient (Wildman–Crippen LogP) is 10.4. The molecule has 0 aromatic carbocycles. The SMILES string of the molecule is CCCCCCCCC=CCCCCCC1P=C([O-])C1C(=O)CCCCCCCCCCCCCCC.C[N+](C)(C)CCO. The summed E-state index contributed by atoms with van der Waals surface area (Å²) in [5, 5.41) is 20.5. The molecule has 0 radical (unpaired) electrons. The Bertz CT molecular complexity index is 700. The molecule has 0 spiro atoms. The van der Waals surface area contributed by atoms with Gasteiger partial charge in [0.25, 0.3) is 0 Å². The smallest absolute Gasteiger partial charge is 0.139 e. The summed E-state index contributed by atoms with van der Waals surface area (Å²) in [5.41, 5.74) is 0.521. The summed E-state index contributed by atoms with van der Waals surface area (Å²) >= 11 is 0. The van der Waals surface area contributed by atoms with Crippen molar-refractivity contribution >= 4 is 19.5 Å². The van der Waals surface area contributed by atoms with Gasteiger partial charge in [-0.15, -0.1) is 13.7 Å². The van der Waals surface area contributed by atoms with Crippen LogP contribution in [-0.2, 0) is 4.79 Å². The summed E-state index contributed by atoms with van der Waals surface area (Å²) in [7, 11) is 7.07. The van der Waals surface area contributed by atoms with Gasteiger partial charge in [-0.25, -0.2) is 0 Å². The molecule has 0 aliphatic carbocycles. The van der Waals surface area contributed by atoms with Crippen molar-refractivity contribution in [2.45, 2.75) is 186 Å². The molecule has 2 atom stereocenters. The number of unbranched alkanes of at least 4 members (excludes halogenated alkanes) is 21. The molecule has 0 amide bonds. The normalized spacial score (nSPS) is 16.8. The minimum atomic E-state index is -0.254. The zero-order valence-electron chi connectivity index (χ0n) is 30.3. The fourth-order valence-electron chi connectivity index (χ4n) is 5.83. The largest absolute Gasteiger partial charge is 0.827 e. The van der Waals surface area contributed by atoms with Gasteiger partial charge in [0.05, 0.1) is 27.7 Å². The zero-order valence-corrected chi connectivity index (χ0v) is 31.2. The van der Waals surface area contributed by atoms with Crippen LogP contribution in [0.5, 0.6) is 0 Å². The molecule has 1 rings (SSSR count). The van der Waals surface area contributed by atoms with Crippen molar-refractivity contribution in [3.05, 3.63) is 12.2 Å². The van der Waals surface area contributed by atoms with E-state index in [1.165, 1.54) is 141 Å². The number of quaternary nitrogens is 1. The second-order valence-electron chi connectivity index (χ2n) is 14.4. The van der Waals surface area contributed by atoms with Crippen LogP contribution in [0.25, 0.3) is 0 Å². The minimum absolute atomic E-state index is 0.197. The summed E-state index contributed by atoms with van der Waals surface area (Å²) in [4.78, 5) is 12.6. The Kier molecular flexibility index (Phi) is 30.7. The third kappa shape index (κ3) is 27.7. The number of carbonyl (C=O) groups is 1. The number of ketones is 1. The van der Waals surface area contributed by atoms with E-state index >= 15 is 0 Å². The van der Waals surface area contributed by atoms with Gasteiger partial charge in [-0.1, -0.05) is 148 Å². The van der Waals surface area contributed by atoms with E-state index < -0.39 is 0 Å². The first-order valence-corrected chi connectivity index (χ1v) is 20.1. The van der Waals surface area contributed by atoms with E-state index in [0.29, 0.717) is 12.1 Å². The van der Waals surface area contributed by atoms with Gasteiger partial charge in [0.15, 0.2) is 0 Å². The molecule has 0 fully saturated rings. The quantitative estimate of drug-likeness (QED) is 0.0369. The Hall–Kier alpha value is -0.540. The Morgan fingerprint density at radius 3 is 1.48 bits per heavy atom. The third-order valence-electron chi connectivity index (χ3n) is 8.85. The van der Waals surface area contributed by atoms with Crippen LogP contribution in [0.1, 0.15) is 181 Å². The number of likely N-dealkylation sites (N-methyl/N-ethyl adjacent to an activating group) is 1. The van der Waals surface area contributed by atoms with E-state index in [4.69, 9.17) is 5.11 Å². The van der Waals surface area contributed by atoms with Crippen LogP contribution in [0, 0.1) is 5.92 Å². The highest BCUT2D eigenvalue weighted by Gasteiger charge is 2.32. The van der Waals surface area contributed by atoms with Crippen molar-refractivity contribution in [2.24, 2.45) is 5.92 Å². The lowest BCUT2D eigenvalue weighted by molar-refractivity contribution is -0.870. The van der Waals surface area contributed by atoms with Gasteiger partial charge in [0.1, 0.15) is 12.3 Å². The van der Waals surface area contributed by atoms with E-state index in [0.717, 1.165) is 38.5 Å². The number of aliphatic hydroxyl groups is 1. The van der Waals surface area contributed by atoms with Crippen LogP contribution in [-0.4, -0.2) is 60.8 Å². The van der Waals surface area contributed by atoms with Gasteiger partial charge in [0.2, 0.25) is 0 Å². The molecule has 260 valence electrons. The van der Waals surface area contributed by atoms with Gasteiger partial charge in [-0.05, 0) is 38.5 Å². The fourth-order valence-corrected chi connectivity index (χ4v) is 7.15. The summed E-state index contributed by atoms with van der Waals surface area (Å²) in [5.74, 6) is -0.00864. The second-order valence-corrected chi connectivity index (χ2v) is 15.7. The molecule has 1 aliphatic heterocycles. The van der Waals surface area contributed by atoms with Crippen LogP contribution < -0.4 is 5.11 Å². The number of allylic oxidation sites excluding steroid dienone is 2. The number of rotatable bonds is 30. The second kappa shape index (κ2) is 31.1. The first-order valence-electron chi connectivity index (χ1n) is 19.1. The Morgan fingerprint density at radius 2 is 1.09 bits per heavy atom. The lowest BCUT2D eigenvalue weighted by Crippen LogP contribution is -2.45. The molecule has 2 unspecified atom stereocenters. The van der Waals surface area contributed by atoms with E-state index in [1.54, 1.807) is 0 Å². The molecule has 1 heterocycles. The van der Waals surface area contributed by atoms with Crippen molar-refractivity contribution in [2.75, 3.05) is 34.3 Å². The van der Waals surface area contributed by atoms with Crippen LogP contribution in [0.2, 0.25) is 0 Å². The molecule has 44 heavy (non-hydrogen) atoms. The Balaban J connectivity index is 0.00000234. The summed E-state index contributed by atoms with van der Waals surface area (Å²) in [6.07, 6.45) is 37.9. The average molecular weight is 638 g/mol. The predicted molar refractivity (Wildman–Crippen MR) is 195 cm³/mol. The van der Waals surface area contributed by atoms with Gasteiger partial charge >= 0.3 is 0 Å². The van der Waals surface area contributed by atoms with Crippen molar-refractivity contribution in [1.82, 2.24) is 0 Å². The number of Topliss-reactive ketones (excluding diaryl/α,β-unsaturated/α-hetero) is 1. The van der Waals surface area contributed by atoms with Crippen LogP contribution in [0.4, 0.5) is 0 Å². The topological polar surface area (TPSA) is 60.4 Å². The van der Waals surface area contributed by atoms with Crippen molar-refractivity contribution in [3.8, 4) is 0 Å². The Labute approximate surface area is 277 Å². The maximum Gasteiger partial charge on any atom is 0.139 e. The van der Waals surface area contributed by atoms with E-state index in [9.17, 15) is 9.90 Å². The number of nitrogens with zero attached hydrogens (tertiary/aromatic N) is 1. The molecule has 1 N–H and O–H groups in total. The fraction of sp³-hybridized carbons (Fsp3) is 0.897. The standard InChI is InChI=1S/C34H63O2P.C5H14NO/c1-3-5-7-9-11-13-15-17-19-21-23-25-27-29-31(35)33-32(37-34(33)36)30-28-26-24-22-20-18-16-14-12-10-8-6-4-2;1-6(2,3)4-5-7/h18,20,32-33,36H,3-17,19,21-30H2,1-2H3;7H,4-5H2,1-3H3/q;+1/p-1. The van der Waals surface area contributed by atoms with Gasteiger partial charge in [-0.2, -0.15) is 0 Å². The van der Waals surface area contributed by atoms with Gasteiger partial charge < -0.3 is 14.7 Å². The maximum atomic E-state index is 12.6. The summed E-state index contributed by atoms with van der Waals surface area (Å²) in [6.45, 7) is 5.66. The lowest BCUT2D eigenvalue weighted by Gasteiger charge is -2.38. The molecular weight excluding hydrogens is 561 g/mol. The van der Waals surface area contributed by atoms with E-state index in [-0.39, 0.29) is 23.8 Å². The van der Waals surface area contributed by atoms with Gasteiger partial charge in [0, 0.05) is 18.0 Å². The lowest BCUT2D eigenvalue weighted by atomic mass is 9.92. The highest BCUT2D eigenvalue weighted by molar-refractivity contribution is 7.43. The molecule has 0 aromatic heterocycles. The summed E-state index contributed by atoms with van der Waals surface area (Å²) < 4.78 is 0.844. The molecule has 0 aromatic rings. The third-order valence-corrected chi connectivity index (χ3v) is 10.3. The Morgan fingerprint density at radius 1 is 0.682 bits per heavy atom. The average Bonchev–Trinajstić information content (AvgIpc) is 2.97.